The number of methoxy groups -OCH3 is 1. The summed E-state index contributed by atoms with van der Waals surface area (Å²) in [5.41, 5.74) is 3.44. The van der Waals surface area contributed by atoms with Crippen molar-refractivity contribution in [2.75, 3.05) is 23.9 Å². The Morgan fingerprint density at radius 2 is 1.94 bits per heavy atom. The summed E-state index contributed by atoms with van der Waals surface area (Å²) in [5, 5.41) is 12.6. The van der Waals surface area contributed by atoms with Gasteiger partial charge in [0.2, 0.25) is 11.0 Å². The van der Waals surface area contributed by atoms with Crippen molar-refractivity contribution in [2.45, 2.75) is 26.2 Å². The van der Waals surface area contributed by atoms with Crippen LogP contribution in [0.25, 0.3) is 0 Å². The number of nitrogens with one attached hydrogen (secondary N) is 1. The maximum absolute atomic E-state index is 12.7. The smallest absolute Gasteiger partial charge is 0.261 e. The van der Waals surface area contributed by atoms with Crippen molar-refractivity contribution in [3.63, 3.8) is 0 Å². The first-order valence-corrected chi connectivity index (χ1v) is 10.9. The van der Waals surface area contributed by atoms with Crippen LogP contribution < -0.4 is 15.0 Å². The molecule has 1 aromatic heterocycles. The Kier molecular flexibility index (Phi) is 5.93. The molecule has 0 bridgehead atoms. The highest BCUT2D eigenvalue weighted by Crippen LogP contribution is 2.35. The van der Waals surface area contributed by atoms with E-state index in [1.165, 1.54) is 24.5 Å². The molecule has 2 amide bonds. The monoisotopic (exact) mass is 456 g/mol. The maximum atomic E-state index is 12.7. The Morgan fingerprint density at radius 3 is 2.65 bits per heavy atom. The van der Waals surface area contributed by atoms with Gasteiger partial charge < -0.3 is 9.64 Å². The van der Waals surface area contributed by atoms with Gasteiger partial charge in [-0.1, -0.05) is 29.0 Å². The number of carbonyl (C=O) groups excluding carboxylic acids is 2. The molecule has 1 aliphatic heterocycles. The molecular weight excluding hydrogens is 436 g/mol. The van der Waals surface area contributed by atoms with E-state index in [1.54, 1.807) is 17.0 Å². The van der Waals surface area contributed by atoms with Crippen LogP contribution in [0.5, 0.6) is 5.75 Å². The van der Waals surface area contributed by atoms with Gasteiger partial charge in [0.1, 0.15) is 10.8 Å². The molecular formula is C22H21ClN4O3S. The van der Waals surface area contributed by atoms with Crippen molar-refractivity contribution >= 4 is 45.6 Å². The number of aromatic nitrogens is 2. The van der Waals surface area contributed by atoms with E-state index < -0.39 is 0 Å². The highest BCUT2D eigenvalue weighted by Gasteiger charge is 2.34. The summed E-state index contributed by atoms with van der Waals surface area (Å²) < 4.78 is 5.23. The van der Waals surface area contributed by atoms with E-state index in [-0.39, 0.29) is 17.7 Å². The molecule has 0 spiro atoms. The number of aryl methyl sites for hydroxylation is 2. The number of anilines is 2. The minimum Gasteiger partial charge on any atom is -0.496 e. The molecule has 1 aliphatic rings. The lowest BCUT2D eigenvalue weighted by Gasteiger charge is -2.17. The van der Waals surface area contributed by atoms with Crippen LogP contribution in [-0.2, 0) is 4.79 Å². The molecule has 1 unspecified atom stereocenters. The van der Waals surface area contributed by atoms with Crippen molar-refractivity contribution < 1.29 is 14.3 Å². The molecule has 1 fully saturated rings. The van der Waals surface area contributed by atoms with Gasteiger partial charge in [-0.2, -0.15) is 0 Å². The summed E-state index contributed by atoms with van der Waals surface area (Å²) in [7, 11) is 1.49. The fourth-order valence-electron chi connectivity index (χ4n) is 3.70. The lowest BCUT2D eigenvalue weighted by atomic mass is 10.1. The molecule has 3 aromatic rings. The fourth-order valence-corrected chi connectivity index (χ4v) is 4.70. The lowest BCUT2D eigenvalue weighted by molar-refractivity contribution is -0.117. The molecule has 9 heteroatoms. The summed E-state index contributed by atoms with van der Waals surface area (Å²) in [6.07, 6.45) is 0.359. The molecule has 0 aliphatic carbocycles. The van der Waals surface area contributed by atoms with Gasteiger partial charge in [0.25, 0.3) is 5.91 Å². The summed E-state index contributed by atoms with van der Waals surface area (Å²) in [6.45, 7) is 4.57. The molecule has 1 N–H and O–H groups in total. The summed E-state index contributed by atoms with van der Waals surface area (Å²) in [5.74, 6) is 0.00940. The van der Waals surface area contributed by atoms with Crippen molar-refractivity contribution in [1.29, 1.82) is 0 Å². The normalized spacial score (nSPS) is 15.9. The molecule has 1 atom stereocenters. The number of rotatable bonds is 5. The van der Waals surface area contributed by atoms with Crippen molar-refractivity contribution in [3.05, 3.63) is 63.1 Å². The highest BCUT2D eigenvalue weighted by atomic mass is 35.5. The van der Waals surface area contributed by atoms with Gasteiger partial charge in [0, 0.05) is 29.6 Å². The maximum Gasteiger partial charge on any atom is 0.261 e. The SMILES string of the molecule is COc1ccc(Cl)cc1C(=O)Nc1nnc(C2CC(=O)N(c3cc(C)cc(C)c3)C2)s1. The zero-order valence-corrected chi connectivity index (χ0v) is 18.9. The molecule has 31 heavy (non-hydrogen) atoms. The largest absolute Gasteiger partial charge is 0.496 e. The van der Waals surface area contributed by atoms with Crippen LogP contribution in [0, 0.1) is 13.8 Å². The summed E-state index contributed by atoms with van der Waals surface area (Å²) >= 11 is 7.28. The molecule has 7 nitrogen and oxygen atoms in total. The molecule has 0 radical (unpaired) electrons. The van der Waals surface area contributed by atoms with Crippen molar-refractivity contribution in [3.8, 4) is 5.75 Å². The molecule has 1 saturated heterocycles. The zero-order valence-electron chi connectivity index (χ0n) is 17.3. The predicted molar refractivity (Wildman–Crippen MR) is 121 cm³/mol. The van der Waals surface area contributed by atoms with E-state index in [0.717, 1.165) is 16.8 Å². The number of benzene rings is 2. The number of nitrogens with zero attached hydrogens (tertiary/aromatic N) is 3. The number of halogens is 1. The minimum absolute atomic E-state index is 0.0550. The first kappa shape index (κ1) is 21.3. The number of amides is 2. The second kappa shape index (κ2) is 8.64. The fraction of sp³-hybridized carbons (Fsp3) is 0.273. The van der Waals surface area contributed by atoms with Crippen LogP contribution in [0.2, 0.25) is 5.02 Å². The lowest BCUT2D eigenvalue weighted by Crippen LogP contribution is -2.24. The van der Waals surface area contributed by atoms with Gasteiger partial charge in [-0.15, -0.1) is 10.2 Å². The number of hydrogen-bond acceptors (Lipinski definition) is 6. The standard InChI is InChI=1S/C22H21ClN4O3S/c1-12-6-13(2)8-16(7-12)27-11-14(9-19(27)28)21-25-26-22(31-21)24-20(29)17-10-15(23)4-5-18(17)30-3/h4-8,10,14H,9,11H2,1-3H3,(H,24,26,29). The van der Waals surface area contributed by atoms with E-state index in [4.69, 9.17) is 16.3 Å². The second-order valence-electron chi connectivity index (χ2n) is 7.50. The molecule has 0 saturated carbocycles. The van der Waals surface area contributed by atoms with Crippen LogP contribution >= 0.6 is 22.9 Å². The molecule has 2 aromatic carbocycles. The summed E-state index contributed by atoms with van der Waals surface area (Å²) in [6, 6.07) is 10.9. The Balaban J connectivity index is 1.49. The third kappa shape index (κ3) is 4.55. The van der Waals surface area contributed by atoms with Gasteiger partial charge in [0.15, 0.2) is 0 Å². The van der Waals surface area contributed by atoms with E-state index in [1.807, 2.05) is 26.0 Å². The van der Waals surface area contributed by atoms with E-state index in [9.17, 15) is 9.59 Å². The molecule has 2 heterocycles. The molecule has 160 valence electrons. The first-order valence-electron chi connectivity index (χ1n) is 9.71. The van der Waals surface area contributed by atoms with E-state index in [2.05, 4.69) is 21.6 Å². The van der Waals surface area contributed by atoms with Crippen LogP contribution in [0.4, 0.5) is 10.8 Å². The van der Waals surface area contributed by atoms with Crippen molar-refractivity contribution in [2.24, 2.45) is 0 Å². The zero-order chi connectivity index (χ0) is 22.1. The average Bonchev–Trinajstić information content (AvgIpc) is 3.33. The van der Waals surface area contributed by atoms with Gasteiger partial charge in [-0.3, -0.25) is 14.9 Å². The predicted octanol–water partition coefficient (Wildman–Crippen LogP) is 4.59. The Morgan fingerprint density at radius 1 is 1.19 bits per heavy atom. The van der Waals surface area contributed by atoms with Crippen LogP contribution in [-0.4, -0.2) is 35.7 Å². The Labute approximate surface area is 189 Å². The first-order chi connectivity index (χ1) is 14.8. The van der Waals surface area contributed by atoms with E-state index >= 15 is 0 Å². The third-order valence-electron chi connectivity index (χ3n) is 5.06. The van der Waals surface area contributed by atoms with Crippen LogP contribution in [0.1, 0.15) is 38.8 Å². The average molecular weight is 457 g/mol. The molecule has 4 rings (SSSR count). The van der Waals surface area contributed by atoms with Crippen molar-refractivity contribution in [1.82, 2.24) is 10.2 Å². The number of carbonyl (C=O) groups is 2. The van der Waals surface area contributed by atoms with Gasteiger partial charge >= 0.3 is 0 Å². The Bertz CT molecular complexity index is 1140. The second-order valence-corrected chi connectivity index (χ2v) is 8.94. The summed E-state index contributed by atoms with van der Waals surface area (Å²) in [4.78, 5) is 27.1. The quantitative estimate of drug-likeness (QED) is 0.607. The number of hydrogen-bond donors (Lipinski definition) is 1. The highest BCUT2D eigenvalue weighted by molar-refractivity contribution is 7.15. The third-order valence-corrected chi connectivity index (χ3v) is 6.30. The van der Waals surface area contributed by atoms with Gasteiger partial charge in [-0.25, -0.2) is 0 Å². The topological polar surface area (TPSA) is 84.4 Å². The van der Waals surface area contributed by atoms with Crippen LogP contribution in [0.15, 0.2) is 36.4 Å². The minimum atomic E-state index is -0.388. The Hall–Kier alpha value is -2.97. The number of ether oxygens (including phenoxy) is 1. The van der Waals surface area contributed by atoms with E-state index in [0.29, 0.717) is 39.4 Å². The van der Waals surface area contributed by atoms with Crippen LogP contribution in [0.3, 0.4) is 0 Å². The van der Waals surface area contributed by atoms with Gasteiger partial charge in [0.05, 0.1) is 12.7 Å². The van der Waals surface area contributed by atoms with Gasteiger partial charge in [-0.05, 0) is 55.3 Å².